The number of aromatic nitrogens is 1. The first-order valence-corrected chi connectivity index (χ1v) is 5.48. The van der Waals surface area contributed by atoms with E-state index >= 15 is 0 Å². The van der Waals surface area contributed by atoms with Gasteiger partial charge in [0.15, 0.2) is 5.78 Å². The Bertz CT molecular complexity index is 309. The number of hydrogen-bond acceptors (Lipinski definition) is 4. The first-order chi connectivity index (χ1) is 6.66. The van der Waals surface area contributed by atoms with Crippen LogP contribution in [-0.4, -0.2) is 24.5 Å². The summed E-state index contributed by atoms with van der Waals surface area (Å²) in [7, 11) is 1.65. The summed E-state index contributed by atoms with van der Waals surface area (Å²) < 4.78 is 4.95. The minimum absolute atomic E-state index is 0.0223. The van der Waals surface area contributed by atoms with E-state index < -0.39 is 0 Å². The molecule has 4 heteroatoms. The Morgan fingerprint density at radius 2 is 2.43 bits per heavy atom. The van der Waals surface area contributed by atoms with E-state index in [0.717, 1.165) is 17.0 Å². The highest BCUT2D eigenvalue weighted by Crippen LogP contribution is 2.18. The number of rotatable bonds is 5. The van der Waals surface area contributed by atoms with Crippen molar-refractivity contribution in [3.63, 3.8) is 0 Å². The van der Waals surface area contributed by atoms with Crippen LogP contribution in [0.4, 0.5) is 0 Å². The normalized spacial score (nSPS) is 12.8. The Morgan fingerprint density at radius 3 is 2.93 bits per heavy atom. The fraction of sp³-hybridized carbons (Fsp3) is 0.600. The molecule has 1 atom stereocenters. The third-order valence-corrected chi connectivity index (χ3v) is 3.11. The molecule has 0 N–H and O–H groups in total. The molecule has 1 unspecified atom stereocenters. The number of hydrogen-bond donors (Lipinski definition) is 0. The predicted molar refractivity (Wildman–Crippen MR) is 56.8 cm³/mol. The maximum atomic E-state index is 11.8. The summed E-state index contributed by atoms with van der Waals surface area (Å²) in [6.45, 7) is 4.43. The van der Waals surface area contributed by atoms with E-state index in [9.17, 15) is 4.79 Å². The number of thiazole rings is 1. The molecule has 0 saturated carbocycles. The standard InChI is InChI=1S/C10H15NO2S/c1-7(4-5-13-3)9(12)10-8(2)11-6-14-10/h6-7H,4-5H2,1-3H3. The van der Waals surface area contributed by atoms with Gasteiger partial charge in [-0.1, -0.05) is 6.92 Å². The first-order valence-electron chi connectivity index (χ1n) is 4.60. The van der Waals surface area contributed by atoms with Gasteiger partial charge in [0.05, 0.1) is 16.1 Å². The first kappa shape index (κ1) is 11.3. The molecule has 0 aliphatic carbocycles. The highest BCUT2D eigenvalue weighted by Gasteiger charge is 2.18. The van der Waals surface area contributed by atoms with Gasteiger partial charge in [0.25, 0.3) is 0 Å². The van der Waals surface area contributed by atoms with Crippen LogP contribution in [0.15, 0.2) is 5.51 Å². The maximum absolute atomic E-state index is 11.8. The summed E-state index contributed by atoms with van der Waals surface area (Å²) in [4.78, 5) is 16.7. The second-order valence-corrected chi connectivity index (χ2v) is 4.17. The smallest absolute Gasteiger partial charge is 0.177 e. The van der Waals surface area contributed by atoms with Gasteiger partial charge in [0.1, 0.15) is 0 Å². The fourth-order valence-corrected chi connectivity index (χ4v) is 2.04. The number of carbonyl (C=O) groups excluding carboxylic acids is 1. The van der Waals surface area contributed by atoms with E-state index in [0.29, 0.717) is 6.61 Å². The van der Waals surface area contributed by atoms with Gasteiger partial charge in [-0.05, 0) is 13.3 Å². The number of aryl methyl sites for hydroxylation is 1. The van der Waals surface area contributed by atoms with Crippen LogP contribution < -0.4 is 0 Å². The van der Waals surface area contributed by atoms with Gasteiger partial charge in [-0.3, -0.25) is 4.79 Å². The summed E-state index contributed by atoms with van der Waals surface area (Å²) in [5.41, 5.74) is 2.55. The number of ether oxygens (including phenoxy) is 1. The molecule has 1 aromatic rings. The van der Waals surface area contributed by atoms with Gasteiger partial charge in [-0.2, -0.15) is 0 Å². The second-order valence-electron chi connectivity index (χ2n) is 3.31. The van der Waals surface area contributed by atoms with Crippen molar-refractivity contribution in [3.05, 3.63) is 16.1 Å². The Morgan fingerprint density at radius 1 is 1.71 bits per heavy atom. The van der Waals surface area contributed by atoms with Gasteiger partial charge >= 0.3 is 0 Å². The average Bonchev–Trinajstić information content (AvgIpc) is 2.59. The molecule has 3 nitrogen and oxygen atoms in total. The van der Waals surface area contributed by atoms with Gasteiger partial charge in [-0.15, -0.1) is 11.3 Å². The van der Waals surface area contributed by atoms with Crippen LogP contribution in [0.1, 0.15) is 28.7 Å². The van der Waals surface area contributed by atoms with E-state index in [1.165, 1.54) is 11.3 Å². The van der Waals surface area contributed by atoms with Crippen molar-refractivity contribution in [2.75, 3.05) is 13.7 Å². The van der Waals surface area contributed by atoms with Crippen LogP contribution in [0.2, 0.25) is 0 Å². The van der Waals surface area contributed by atoms with Crippen LogP contribution >= 0.6 is 11.3 Å². The summed E-state index contributed by atoms with van der Waals surface area (Å²) in [6.07, 6.45) is 0.771. The second kappa shape index (κ2) is 5.22. The van der Waals surface area contributed by atoms with Crippen molar-refractivity contribution in [1.82, 2.24) is 4.98 Å². The monoisotopic (exact) mass is 213 g/mol. The van der Waals surface area contributed by atoms with Crippen molar-refractivity contribution in [2.45, 2.75) is 20.3 Å². The van der Waals surface area contributed by atoms with Crippen molar-refractivity contribution in [1.29, 1.82) is 0 Å². The quantitative estimate of drug-likeness (QED) is 0.704. The molecule has 0 radical (unpaired) electrons. The number of carbonyl (C=O) groups is 1. The van der Waals surface area contributed by atoms with Gasteiger partial charge < -0.3 is 4.74 Å². The number of Topliss-reactive ketones (excluding diaryl/α,β-unsaturated/α-hetero) is 1. The molecular formula is C10H15NO2S. The minimum Gasteiger partial charge on any atom is -0.385 e. The molecular weight excluding hydrogens is 198 g/mol. The summed E-state index contributed by atoms with van der Waals surface area (Å²) in [5.74, 6) is 0.205. The van der Waals surface area contributed by atoms with Crippen LogP contribution in [-0.2, 0) is 4.74 Å². The Kier molecular flexibility index (Phi) is 4.22. The molecule has 1 heterocycles. The molecule has 0 aliphatic rings. The van der Waals surface area contributed by atoms with Crippen molar-refractivity contribution >= 4 is 17.1 Å². The zero-order valence-electron chi connectivity index (χ0n) is 8.74. The van der Waals surface area contributed by atoms with Crippen LogP contribution in [0.5, 0.6) is 0 Å². The van der Waals surface area contributed by atoms with E-state index in [1.807, 2.05) is 13.8 Å². The SMILES string of the molecule is COCCC(C)C(=O)c1scnc1C. The van der Waals surface area contributed by atoms with Crippen molar-refractivity contribution in [3.8, 4) is 0 Å². The molecule has 1 aromatic heterocycles. The molecule has 78 valence electrons. The molecule has 14 heavy (non-hydrogen) atoms. The van der Waals surface area contributed by atoms with E-state index in [4.69, 9.17) is 4.74 Å². The lowest BCUT2D eigenvalue weighted by atomic mass is 10.0. The number of methoxy groups -OCH3 is 1. The Balaban J connectivity index is 2.61. The van der Waals surface area contributed by atoms with Crippen LogP contribution in [0, 0.1) is 12.8 Å². The Hall–Kier alpha value is -0.740. The fourth-order valence-electron chi connectivity index (χ4n) is 1.19. The largest absolute Gasteiger partial charge is 0.385 e. The molecule has 0 fully saturated rings. The van der Waals surface area contributed by atoms with Gasteiger partial charge in [0.2, 0.25) is 0 Å². The molecule has 0 aromatic carbocycles. The van der Waals surface area contributed by atoms with Gasteiger partial charge in [0, 0.05) is 19.6 Å². The minimum atomic E-state index is 0.0223. The van der Waals surface area contributed by atoms with Crippen LogP contribution in [0.3, 0.4) is 0 Å². The maximum Gasteiger partial charge on any atom is 0.177 e. The lowest BCUT2D eigenvalue weighted by molar-refractivity contribution is 0.0897. The van der Waals surface area contributed by atoms with E-state index in [2.05, 4.69) is 4.98 Å². The Labute approximate surface area is 88.1 Å². The topological polar surface area (TPSA) is 39.2 Å². The molecule has 1 rings (SSSR count). The molecule has 0 saturated heterocycles. The van der Waals surface area contributed by atoms with Crippen LogP contribution in [0.25, 0.3) is 0 Å². The summed E-state index contributed by atoms with van der Waals surface area (Å²) >= 11 is 1.42. The summed E-state index contributed by atoms with van der Waals surface area (Å²) in [5, 5.41) is 0. The average molecular weight is 213 g/mol. The van der Waals surface area contributed by atoms with Gasteiger partial charge in [-0.25, -0.2) is 4.98 Å². The highest BCUT2D eigenvalue weighted by atomic mass is 32.1. The lowest BCUT2D eigenvalue weighted by Crippen LogP contribution is -2.13. The molecule has 0 amide bonds. The third kappa shape index (κ3) is 2.62. The zero-order valence-corrected chi connectivity index (χ0v) is 9.56. The summed E-state index contributed by atoms with van der Waals surface area (Å²) in [6, 6.07) is 0. The predicted octanol–water partition coefficient (Wildman–Crippen LogP) is 2.31. The number of ketones is 1. The molecule has 0 bridgehead atoms. The van der Waals surface area contributed by atoms with E-state index in [-0.39, 0.29) is 11.7 Å². The molecule has 0 aliphatic heterocycles. The van der Waals surface area contributed by atoms with E-state index in [1.54, 1.807) is 12.6 Å². The molecule has 0 spiro atoms. The number of nitrogens with zero attached hydrogens (tertiary/aromatic N) is 1. The zero-order chi connectivity index (χ0) is 10.6. The lowest BCUT2D eigenvalue weighted by Gasteiger charge is -2.08. The van der Waals surface area contributed by atoms with Crippen molar-refractivity contribution < 1.29 is 9.53 Å². The van der Waals surface area contributed by atoms with Crippen molar-refractivity contribution in [2.24, 2.45) is 5.92 Å². The highest BCUT2D eigenvalue weighted by molar-refractivity contribution is 7.11. The third-order valence-electron chi connectivity index (χ3n) is 2.17.